The number of benzene rings is 2. The van der Waals surface area contributed by atoms with E-state index in [9.17, 15) is 19.8 Å². The van der Waals surface area contributed by atoms with Crippen LogP contribution >= 0.6 is 0 Å². The van der Waals surface area contributed by atoms with Crippen LogP contribution in [0, 0.1) is 0 Å². The van der Waals surface area contributed by atoms with Gasteiger partial charge in [0.05, 0.1) is 0 Å². The van der Waals surface area contributed by atoms with Crippen molar-refractivity contribution in [3.8, 4) is 11.5 Å². The van der Waals surface area contributed by atoms with Crippen molar-refractivity contribution >= 4 is 11.8 Å². The number of carbonyl (C=O) groups is 2. The maximum absolute atomic E-state index is 12.2. The molecule has 0 fully saturated rings. The molecule has 0 aliphatic heterocycles. The molecule has 0 heterocycles. The molecule has 2 atom stereocenters. The molecule has 2 unspecified atom stereocenters. The number of rotatable bonds is 5. The quantitative estimate of drug-likeness (QED) is 0.545. The number of nitrogens with one attached hydrogen (secondary N) is 1. The molecule has 0 aliphatic carbocycles. The summed E-state index contributed by atoms with van der Waals surface area (Å²) in [6.07, 6.45) is 0. The largest absolute Gasteiger partial charge is 0.508 e. The first-order chi connectivity index (χ1) is 10.9. The van der Waals surface area contributed by atoms with Crippen molar-refractivity contribution in [2.45, 2.75) is 12.1 Å². The van der Waals surface area contributed by atoms with Gasteiger partial charge in [-0.1, -0.05) is 24.3 Å². The van der Waals surface area contributed by atoms with Crippen LogP contribution in [0.15, 0.2) is 48.5 Å². The zero-order valence-electron chi connectivity index (χ0n) is 12.1. The number of hydrogen-bond acceptors (Lipinski definition) is 5. The predicted molar refractivity (Wildman–Crippen MR) is 83.2 cm³/mol. The average Bonchev–Trinajstić information content (AvgIpc) is 2.53. The fourth-order valence-corrected chi connectivity index (χ4v) is 2.05. The second-order valence-electron chi connectivity index (χ2n) is 5.00. The summed E-state index contributed by atoms with van der Waals surface area (Å²) in [5, 5.41) is 21.0. The van der Waals surface area contributed by atoms with Gasteiger partial charge < -0.3 is 27.0 Å². The highest BCUT2D eigenvalue weighted by Crippen LogP contribution is 2.19. The maximum atomic E-state index is 12.2. The van der Waals surface area contributed by atoms with Gasteiger partial charge in [0.25, 0.3) is 0 Å². The monoisotopic (exact) mass is 315 g/mol. The Morgan fingerprint density at radius 1 is 0.870 bits per heavy atom. The molecule has 0 radical (unpaired) electrons. The van der Waals surface area contributed by atoms with Crippen molar-refractivity contribution in [2.75, 3.05) is 0 Å². The molecule has 23 heavy (non-hydrogen) atoms. The lowest BCUT2D eigenvalue weighted by Crippen LogP contribution is -2.41. The molecule has 0 bridgehead atoms. The molecule has 7 nitrogen and oxygen atoms in total. The van der Waals surface area contributed by atoms with Crippen LogP contribution < -0.4 is 16.8 Å². The minimum Gasteiger partial charge on any atom is -0.508 e. The zero-order valence-corrected chi connectivity index (χ0v) is 12.1. The third-order valence-corrected chi connectivity index (χ3v) is 3.33. The molecule has 7 heteroatoms. The van der Waals surface area contributed by atoms with E-state index in [4.69, 9.17) is 11.5 Å². The third kappa shape index (κ3) is 3.98. The van der Waals surface area contributed by atoms with Crippen molar-refractivity contribution in [2.24, 2.45) is 11.5 Å². The minimum absolute atomic E-state index is 0.0316. The first-order valence-electron chi connectivity index (χ1n) is 6.81. The smallest absolute Gasteiger partial charge is 0.244 e. The Morgan fingerprint density at radius 2 is 1.30 bits per heavy atom. The van der Waals surface area contributed by atoms with Gasteiger partial charge in [0, 0.05) is 0 Å². The maximum Gasteiger partial charge on any atom is 0.244 e. The van der Waals surface area contributed by atoms with Crippen LogP contribution in [-0.2, 0) is 9.59 Å². The Labute approximate surface area is 132 Å². The normalized spacial score (nSPS) is 13.1. The highest BCUT2D eigenvalue weighted by molar-refractivity contribution is 5.90. The van der Waals surface area contributed by atoms with Gasteiger partial charge in [-0.2, -0.15) is 0 Å². The summed E-state index contributed by atoms with van der Waals surface area (Å²) in [4.78, 5) is 23.8. The predicted octanol–water partition coefficient (Wildman–Crippen LogP) is 0.440. The van der Waals surface area contributed by atoms with E-state index in [1.807, 2.05) is 0 Å². The van der Waals surface area contributed by atoms with Crippen molar-refractivity contribution in [3.63, 3.8) is 0 Å². The summed E-state index contributed by atoms with van der Waals surface area (Å²) >= 11 is 0. The lowest BCUT2D eigenvalue weighted by molar-refractivity contribution is -0.128. The molecule has 2 amide bonds. The van der Waals surface area contributed by atoms with E-state index in [1.54, 1.807) is 0 Å². The molecule has 0 saturated carbocycles. The highest BCUT2D eigenvalue weighted by Gasteiger charge is 2.24. The molecular weight excluding hydrogens is 298 g/mol. The lowest BCUT2D eigenvalue weighted by atomic mass is 10.0. The summed E-state index contributed by atoms with van der Waals surface area (Å²) in [5.74, 6) is -1.25. The number of carbonyl (C=O) groups excluding carboxylic acids is 2. The minimum atomic E-state index is -1.06. The van der Waals surface area contributed by atoms with Gasteiger partial charge in [-0.3, -0.25) is 9.59 Å². The van der Waals surface area contributed by atoms with E-state index < -0.39 is 23.9 Å². The molecule has 2 aromatic carbocycles. The van der Waals surface area contributed by atoms with Crippen LogP contribution in [0.4, 0.5) is 0 Å². The molecular formula is C16H17N3O4. The van der Waals surface area contributed by atoms with Gasteiger partial charge in [-0.05, 0) is 35.4 Å². The van der Waals surface area contributed by atoms with E-state index in [2.05, 4.69) is 5.32 Å². The summed E-state index contributed by atoms with van der Waals surface area (Å²) in [6.45, 7) is 0. The number of nitrogens with two attached hydrogens (primary N) is 2. The number of phenols is 2. The molecule has 0 aromatic heterocycles. The Kier molecular flexibility index (Phi) is 4.82. The van der Waals surface area contributed by atoms with Crippen LogP contribution in [0.5, 0.6) is 11.5 Å². The van der Waals surface area contributed by atoms with Gasteiger partial charge in [0.2, 0.25) is 11.8 Å². The van der Waals surface area contributed by atoms with Crippen LogP contribution in [0.25, 0.3) is 0 Å². The van der Waals surface area contributed by atoms with Crippen LogP contribution in [-0.4, -0.2) is 22.0 Å². The second-order valence-corrected chi connectivity index (χ2v) is 5.00. The molecule has 120 valence electrons. The topological polar surface area (TPSA) is 139 Å². The highest BCUT2D eigenvalue weighted by atomic mass is 16.3. The van der Waals surface area contributed by atoms with Crippen molar-refractivity contribution in [1.29, 1.82) is 0 Å². The number of primary amides is 1. The van der Waals surface area contributed by atoms with E-state index in [-0.39, 0.29) is 11.5 Å². The third-order valence-electron chi connectivity index (χ3n) is 3.33. The Balaban J connectivity index is 2.16. The summed E-state index contributed by atoms with van der Waals surface area (Å²) in [7, 11) is 0. The fraction of sp³-hybridized carbons (Fsp3) is 0.125. The fourth-order valence-electron chi connectivity index (χ4n) is 2.05. The SMILES string of the molecule is NC(=O)C(NC(=O)C(N)c1ccc(O)cc1)c1ccc(O)cc1. The van der Waals surface area contributed by atoms with Crippen molar-refractivity contribution < 1.29 is 19.8 Å². The van der Waals surface area contributed by atoms with Crippen molar-refractivity contribution in [3.05, 3.63) is 59.7 Å². The van der Waals surface area contributed by atoms with E-state index in [1.165, 1.54) is 48.5 Å². The molecule has 0 spiro atoms. The van der Waals surface area contributed by atoms with E-state index in [0.29, 0.717) is 11.1 Å². The Hall–Kier alpha value is -3.06. The first kappa shape index (κ1) is 16.3. The summed E-state index contributed by atoms with van der Waals surface area (Å²) in [6, 6.07) is 9.50. The van der Waals surface area contributed by atoms with Gasteiger partial charge in [-0.15, -0.1) is 0 Å². The number of hydrogen-bond donors (Lipinski definition) is 5. The Bertz CT molecular complexity index is 698. The number of aromatic hydroxyl groups is 2. The van der Waals surface area contributed by atoms with Crippen LogP contribution in [0.1, 0.15) is 23.2 Å². The molecule has 2 aromatic rings. The van der Waals surface area contributed by atoms with E-state index in [0.717, 1.165) is 0 Å². The molecule has 0 aliphatic rings. The summed E-state index contributed by atoms with van der Waals surface area (Å²) < 4.78 is 0. The average molecular weight is 315 g/mol. The second kappa shape index (κ2) is 6.80. The zero-order chi connectivity index (χ0) is 17.0. The Morgan fingerprint density at radius 3 is 1.74 bits per heavy atom. The van der Waals surface area contributed by atoms with Crippen LogP contribution in [0.3, 0.4) is 0 Å². The van der Waals surface area contributed by atoms with Crippen molar-refractivity contribution in [1.82, 2.24) is 5.32 Å². The summed E-state index contributed by atoms with van der Waals surface area (Å²) in [5.41, 5.74) is 12.1. The van der Waals surface area contributed by atoms with Crippen LogP contribution in [0.2, 0.25) is 0 Å². The molecule has 2 rings (SSSR count). The molecule has 0 saturated heterocycles. The first-order valence-corrected chi connectivity index (χ1v) is 6.81. The van der Waals surface area contributed by atoms with E-state index >= 15 is 0 Å². The van der Waals surface area contributed by atoms with Gasteiger partial charge in [0.15, 0.2) is 0 Å². The van der Waals surface area contributed by atoms with Gasteiger partial charge >= 0.3 is 0 Å². The van der Waals surface area contributed by atoms with Gasteiger partial charge in [0.1, 0.15) is 23.6 Å². The molecule has 7 N–H and O–H groups in total. The standard InChI is InChI=1S/C16H17N3O4/c17-13(9-1-5-11(20)6-2-9)16(23)19-14(15(18)22)10-3-7-12(21)8-4-10/h1-8,13-14,20-21H,17H2,(H2,18,22)(H,19,23). The number of amides is 2. The van der Waals surface area contributed by atoms with Gasteiger partial charge in [-0.25, -0.2) is 0 Å². The number of phenolic OH excluding ortho intramolecular Hbond substituents is 2. The lowest BCUT2D eigenvalue weighted by Gasteiger charge is -2.19.